The molecule has 3 rings (SSSR count). The molecular weight excluding hydrogens is 312 g/mol. The van der Waals surface area contributed by atoms with E-state index in [4.69, 9.17) is 18.9 Å². The van der Waals surface area contributed by atoms with Crippen LogP contribution in [0.3, 0.4) is 0 Å². The molecule has 0 aliphatic carbocycles. The normalized spacial score (nSPS) is 12.0. The Morgan fingerprint density at radius 1 is 0.565 bits per heavy atom. The topological polar surface area (TPSA) is 36.9 Å². The Kier molecular flexibility index (Phi) is 4.39. The maximum atomic E-state index is 5.41. The van der Waals surface area contributed by atoms with E-state index in [1.54, 1.807) is 40.2 Å². The Morgan fingerprint density at radius 3 is 1.26 bits per heavy atom. The van der Waals surface area contributed by atoms with Gasteiger partial charge in [-0.3, -0.25) is 0 Å². The first-order valence-corrected chi connectivity index (χ1v) is 7.89. The molecular formula is C18H18O4S. The van der Waals surface area contributed by atoms with E-state index < -0.39 is 0 Å². The smallest absolute Gasteiger partial charge is 0.161 e. The molecule has 1 aliphatic rings. The Morgan fingerprint density at radius 2 is 0.913 bits per heavy atom. The summed E-state index contributed by atoms with van der Waals surface area (Å²) in [6.07, 6.45) is 4.14. The lowest BCUT2D eigenvalue weighted by molar-refractivity contribution is 0.353. The van der Waals surface area contributed by atoms with E-state index in [0.717, 1.165) is 43.9 Å². The second-order valence-electron chi connectivity index (χ2n) is 4.93. The fourth-order valence-electron chi connectivity index (χ4n) is 2.49. The summed E-state index contributed by atoms with van der Waals surface area (Å²) in [5.74, 6) is 2.88. The van der Waals surface area contributed by atoms with Crippen LogP contribution in [0.2, 0.25) is 0 Å². The van der Waals surface area contributed by atoms with Crippen molar-refractivity contribution in [2.24, 2.45) is 0 Å². The molecule has 2 aromatic rings. The summed E-state index contributed by atoms with van der Waals surface area (Å²) in [7, 11) is 6.57. The lowest BCUT2D eigenvalue weighted by atomic mass is 10.1. The van der Waals surface area contributed by atoms with Crippen molar-refractivity contribution in [3.05, 3.63) is 35.4 Å². The van der Waals surface area contributed by atoms with E-state index in [9.17, 15) is 0 Å². The highest BCUT2D eigenvalue weighted by Gasteiger charge is 2.17. The summed E-state index contributed by atoms with van der Waals surface area (Å²) in [4.78, 5) is 2.20. The summed E-state index contributed by atoms with van der Waals surface area (Å²) in [6, 6.07) is 7.96. The monoisotopic (exact) mass is 330 g/mol. The van der Waals surface area contributed by atoms with Crippen molar-refractivity contribution in [3.63, 3.8) is 0 Å². The number of fused-ring (bicyclic) bond motifs is 2. The van der Waals surface area contributed by atoms with Gasteiger partial charge in [-0.2, -0.15) is 0 Å². The third-order valence-corrected chi connectivity index (χ3v) is 4.84. The van der Waals surface area contributed by atoms with Gasteiger partial charge in [-0.05, 0) is 35.4 Å². The number of benzene rings is 2. The molecule has 0 radical (unpaired) electrons. The molecule has 1 aliphatic heterocycles. The van der Waals surface area contributed by atoms with Gasteiger partial charge >= 0.3 is 0 Å². The Hall–Kier alpha value is -2.27. The number of hydrogen-bond donors (Lipinski definition) is 0. The number of ether oxygens (including phenoxy) is 4. The maximum absolute atomic E-state index is 5.41. The van der Waals surface area contributed by atoms with E-state index in [-0.39, 0.29) is 0 Å². The van der Waals surface area contributed by atoms with Crippen molar-refractivity contribution in [2.75, 3.05) is 28.4 Å². The minimum absolute atomic E-state index is 0.719. The first kappa shape index (κ1) is 15.6. The third kappa shape index (κ3) is 2.84. The largest absolute Gasteiger partial charge is 0.493 e. The van der Waals surface area contributed by atoms with E-state index in [1.807, 2.05) is 24.3 Å². The second-order valence-corrected chi connectivity index (χ2v) is 6.01. The van der Waals surface area contributed by atoms with Crippen LogP contribution in [-0.4, -0.2) is 28.4 Å². The van der Waals surface area contributed by atoms with Gasteiger partial charge in [-0.15, -0.1) is 0 Å². The van der Waals surface area contributed by atoms with E-state index in [1.165, 1.54) is 0 Å². The van der Waals surface area contributed by atoms with E-state index >= 15 is 0 Å². The molecule has 120 valence electrons. The summed E-state index contributed by atoms with van der Waals surface area (Å²) >= 11 is 1.67. The van der Waals surface area contributed by atoms with Gasteiger partial charge in [0.2, 0.25) is 0 Å². The molecule has 23 heavy (non-hydrogen) atoms. The van der Waals surface area contributed by atoms with Crippen molar-refractivity contribution in [3.8, 4) is 23.0 Å². The highest BCUT2D eigenvalue weighted by atomic mass is 32.2. The zero-order valence-corrected chi connectivity index (χ0v) is 14.3. The molecule has 5 heteroatoms. The van der Waals surface area contributed by atoms with E-state index in [2.05, 4.69) is 12.2 Å². The molecule has 1 heterocycles. The Labute approximate surface area is 140 Å². The molecule has 0 spiro atoms. The molecule has 0 saturated carbocycles. The van der Waals surface area contributed by atoms with Crippen LogP contribution < -0.4 is 18.9 Å². The molecule has 0 N–H and O–H groups in total. The summed E-state index contributed by atoms with van der Waals surface area (Å²) in [5.41, 5.74) is 2.17. The minimum atomic E-state index is 0.719. The SMILES string of the molecule is COc1cc2c(cc1OC)Sc1cc(OC)c(OC)cc1C=C2. The van der Waals surface area contributed by atoms with Crippen molar-refractivity contribution in [1.29, 1.82) is 0 Å². The Balaban J connectivity index is 2.12. The molecule has 0 bridgehead atoms. The Bertz CT molecular complexity index is 705. The first-order valence-electron chi connectivity index (χ1n) is 7.08. The molecule has 0 amide bonds. The van der Waals surface area contributed by atoms with E-state index in [0.29, 0.717) is 0 Å². The van der Waals surface area contributed by atoms with Gasteiger partial charge in [0.05, 0.1) is 28.4 Å². The fraction of sp³-hybridized carbons (Fsp3) is 0.222. The molecule has 4 nitrogen and oxygen atoms in total. The van der Waals surface area contributed by atoms with Crippen LogP contribution in [0, 0.1) is 0 Å². The van der Waals surface area contributed by atoms with Crippen LogP contribution in [0.4, 0.5) is 0 Å². The van der Waals surface area contributed by atoms with Gasteiger partial charge < -0.3 is 18.9 Å². The zero-order valence-electron chi connectivity index (χ0n) is 13.5. The van der Waals surface area contributed by atoms with Gasteiger partial charge in [-0.1, -0.05) is 23.9 Å². The standard InChI is InChI=1S/C18H18O4S/c1-19-13-7-11-5-6-12-8-14(20-2)16(22-4)10-18(12)23-17(11)9-15(13)21-3/h5-10H,1-4H3. The van der Waals surface area contributed by atoms with Crippen LogP contribution in [0.1, 0.15) is 11.1 Å². The zero-order chi connectivity index (χ0) is 16.4. The number of hydrogen-bond acceptors (Lipinski definition) is 5. The van der Waals surface area contributed by atoms with Gasteiger partial charge in [0.1, 0.15) is 0 Å². The van der Waals surface area contributed by atoms with Gasteiger partial charge in [0, 0.05) is 9.79 Å². The lowest BCUT2D eigenvalue weighted by Crippen LogP contribution is -1.93. The van der Waals surface area contributed by atoms with Crippen LogP contribution >= 0.6 is 11.8 Å². The van der Waals surface area contributed by atoms with Crippen LogP contribution in [0.5, 0.6) is 23.0 Å². The number of methoxy groups -OCH3 is 4. The molecule has 2 aromatic carbocycles. The highest BCUT2D eigenvalue weighted by Crippen LogP contribution is 2.45. The predicted octanol–water partition coefficient (Wildman–Crippen LogP) is 4.36. The van der Waals surface area contributed by atoms with Crippen LogP contribution in [0.15, 0.2) is 34.1 Å². The third-order valence-electron chi connectivity index (χ3n) is 3.69. The first-order chi connectivity index (χ1) is 11.2. The average molecular weight is 330 g/mol. The molecule has 0 fully saturated rings. The van der Waals surface area contributed by atoms with Gasteiger partial charge in [-0.25, -0.2) is 0 Å². The molecule has 0 aromatic heterocycles. The summed E-state index contributed by atoms with van der Waals surface area (Å²) in [6.45, 7) is 0. The highest BCUT2D eigenvalue weighted by molar-refractivity contribution is 7.99. The summed E-state index contributed by atoms with van der Waals surface area (Å²) < 4.78 is 21.6. The summed E-state index contributed by atoms with van der Waals surface area (Å²) in [5, 5.41) is 0. The maximum Gasteiger partial charge on any atom is 0.161 e. The second kappa shape index (κ2) is 6.46. The quantitative estimate of drug-likeness (QED) is 0.710. The average Bonchev–Trinajstić information content (AvgIpc) is 2.77. The van der Waals surface area contributed by atoms with Crippen molar-refractivity contribution < 1.29 is 18.9 Å². The molecule has 0 unspecified atom stereocenters. The minimum Gasteiger partial charge on any atom is -0.493 e. The van der Waals surface area contributed by atoms with Crippen molar-refractivity contribution >= 4 is 23.9 Å². The lowest BCUT2D eigenvalue weighted by Gasteiger charge is -2.13. The molecule has 0 saturated heterocycles. The predicted molar refractivity (Wildman–Crippen MR) is 92.1 cm³/mol. The van der Waals surface area contributed by atoms with Crippen molar-refractivity contribution in [1.82, 2.24) is 0 Å². The van der Waals surface area contributed by atoms with Crippen LogP contribution in [-0.2, 0) is 0 Å². The van der Waals surface area contributed by atoms with Crippen molar-refractivity contribution in [2.45, 2.75) is 9.79 Å². The fourth-order valence-corrected chi connectivity index (χ4v) is 3.55. The molecule has 0 atom stereocenters. The van der Waals surface area contributed by atoms with Crippen LogP contribution in [0.25, 0.3) is 12.2 Å². The van der Waals surface area contributed by atoms with Gasteiger partial charge in [0.15, 0.2) is 23.0 Å². The number of rotatable bonds is 4. The van der Waals surface area contributed by atoms with Gasteiger partial charge in [0.25, 0.3) is 0 Å².